The maximum atomic E-state index is 12.0. The third-order valence-corrected chi connectivity index (χ3v) is 10.8. The van der Waals surface area contributed by atoms with Crippen LogP contribution in [0.5, 0.6) is 0 Å². The van der Waals surface area contributed by atoms with Gasteiger partial charge in [-0.3, -0.25) is 0 Å². The second-order valence-electron chi connectivity index (χ2n) is 13.1. The smallest absolute Gasteiger partial charge is 0.330 e. The first-order valence-corrected chi connectivity index (χ1v) is 14.2. The Morgan fingerprint density at radius 1 is 1.09 bits per heavy atom. The van der Waals surface area contributed by atoms with Crippen LogP contribution in [0.1, 0.15) is 112 Å². The minimum atomic E-state index is -0.173. The number of esters is 1. The zero-order valence-corrected chi connectivity index (χ0v) is 22.4. The van der Waals surface area contributed by atoms with Gasteiger partial charge in [0.2, 0.25) is 0 Å². The van der Waals surface area contributed by atoms with Gasteiger partial charge in [0, 0.05) is 12.5 Å². The first-order valence-electron chi connectivity index (χ1n) is 14.2. The summed E-state index contributed by atoms with van der Waals surface area (Å²) in [6.45, 7) is 14.4. The van der Waals surface area contributed by atoms with Gasteiger partial charge in [-0.2, -0.15) is 0 Å². The van der Waals surface area contributed by atoms with Crippen molar-refractivity contribution >= 4 is 5.97 Å². The molecule has 0 spiro atoms. The lowest BCUT2D eigenvalue weighted by molar-refractivity contribution is -0.145. The molecule has 1 unspecified atom stereocenters. The molecule has 0 aromatic rings. The first-order chi connectivity index (χ1) is 15.7. The molecule has 33 heavy (non-hydrogen) atoms. The summed E-state index contributed by atoms with van der Waals surface area (Å²) in [4.78, 5) is 12.0. The predicted molar refractivity (Wildman–Crippen MR) is 138 cm³/mol. The zero-order valence-electron chi connectivity index (χ0n) is 22.4. The summed E-state index contributed by atoms with van der Waals surface area (Å²) in [5.74, 6) is 5.08. The maximum Gasteiger partial charge on any atom is 0.330 e. The average Bonchev–Trinajstić information content (AvgIpc) is 3.11. The standard InChI is InChI=1S/C31H50O2/c1-7-9-29(32)33-24-16-18-30(5)23(20-24)12-13-25-27-15-14-26(22(4)11-8-10-21(2)3)31(27,6)19-17-28(25)30/h7,9,12,21-22,24-28H,8,10-11,13-20H2,1-6H3/b9-7+/t22-,24?,25-,26+,27-,28-,30-,31+/m0/s1. The summed E-state index contributed by atoms with van der Waals surface area (Å²) in [5.41, 5.74) is 2.49. The van der Waals surface area contributed by atoms with Gasteiger partial charge in [0.05, 0.1) is 0 Å². The molecule has 0 radical (unpaired) electrons. The topological polar surface area (TPSA) is 26.3 Å². The van der Waals surface area contributed by atoms with Crippen LogP contribution < -0.4 is 0 Å². The number of rotatable bonds is 7. The molecule has 0 aromatic carbocycles. The van der Waals surface area contributed by atoms with E-state index >= 15 is 0 Å². The van der Waals surface area contributed by atoms with Crippen molar-refractivity contribution in [2.24, 2.45) is 46.3 Å². The number of hydrogen-bond donors (Lipinski definition) is 0. The molecular formula is C31H50O2. The van der Waals surface area contributed by atoms with Gasteiger partial charge in [0.1, 0.15) is 6.10 Å². The van der Waals surface area contributed by atoms with Crippen LogP contribution in [0.4, 0.5) is 0 Å². The summed E-state index contributed by atoms with van der Waals surface area (Å²) in [5, 5.41) is 0. The summed E-state index contributed by atoms with van der Waals surface area (Å²) >= 11 is 0. The van der Waals surface area contributed by atoms with E-state index in [1.807, 2.05) is 6.92 Å². The fourth-order valence-electron chi connectivity index (χ4n) is 9.09. The summed E-state index contributed by atoms with van der Waals surface area (Å²) in [6, 6.07) is 0. The molecule has 8 atom stereocenters. The number of carbonyl (C=O) groups is 1. The lowest BCUT2D eigenvalue weighted by atomic mass is 9.47. The first kappa shape index (κ1) is 25.1. The molecule has 0 heterocycles. The molecule has 0 amide bonds. The molecule has 3 fully saturated rings. The summed E-state index contributed by atoms with van der Waals surface area (Å²) in [6.07, 6.45) is 20.4. The van der Waals surface area contributed by atoms with Crippen LogP contribution in [-0.2, 0) is 9.53 Å². The van der Waals surface area contributed by atoms with E-state index in [0.717, 1.165) is 48.3 Å². The molecule has 3 saturated carbocycles. The van der Waals surface area contributed by atoms with Crippen LogP contribution in [-0.4, -0.2) is 12.1 Å². The molecule has 0 saturated heterocycles. The molecule has 0 aliphatic heterocycles. The Hall–Kier alpha value is -1.05. The second-order valence-corrected chi connectivity index (χ2v) is 13.1. The molecule has 0 aromatic heterocycles. The van der Waals surface area contributed by atoms with Crippen molar-refractivity contribution in [2.75, 3.05) is 0 Å². The van der Waals surface area contributed by atoms with Crippen LogP contribution in [0, 0.1) is 46.3 Å². The molecule has 2 nitrogen and oxygen atoms in total. The Morgan fingerprint density at radius 3 is 2.61 bits per heavy atom. The van der Waals surface area contributed by atoms with Crippen molar-refractivity contribution in [1.82, 2.24) is 0 Å². The van der Waals surface area contributed by atoms with Gasteiger partial charge < -0.3 is 4.74 Å². The number of allylic oxidation sites excluding steroid dienone is 2. The van der Waals surface area contributed by atoms with Crippen LogP contribution in [0.25, 0.3) is 0 Å². The van der Waals surface area contributed by atoms with Crippen molar-refractivity contribution in [3.8, 4) is 0 Å². The fourth-order valence-corrected chi connectivity index (χ4v) is 9.09. The highest BCUT2D eigenvalue weighted by molar-refractivity contribution is 5.81. The number of carbonyl (C=O) groups excluding carboxylic acids is 1. The van der Waals surface area contributed by atoms with Crippen molar-refractivity contribution in [3.05, 3.63) is 23.8 Å². The molecule has 2 heteroatoms. The molecule has 4 aliphatic carbocycles. The molecule has 186 valence electrons. The number of hydrogen-bond acceptors (Lipinski definition) is 2. The van der Waals surface area contributed by atoms with E-state index < -0.39 is 0 Å². The summed E-state index contributed by atoms with van der Waals surface area (Å²) < 4.78 is 5.77. The normalized spacial score (nSPS) is 41.3. The monoisotopic (exact) mass is 454 g/mol. The van der Waals surface area contributed by atoms with Crippen molar-refractivity contribution < 1.29 is 9.53 Å². The molecule has 0 bridgehead atoms. The highest BCUT2D eigenvalue weighted by Gasteiger charge is 2.59. The third kappa shape index (κ3) is 4.74. The van der Waals surface area contributed by atoms with Gasteiger partial charge in [-0.25, -0.2) is 4.79 Å². The van der Waals surface area contributed by atoms with Gasteiger partial charge in [0.15, 0.2) is 0 Å². The molecule has 4 rings (SSSR count). The Morgan fingerprint density at radius 2 is 1.88 bits per heavy atom. The molecule has 4 aliphatic rings. The van der Waals surface area contributed by atoms with Crippen LogP contribution in [0.15, 0.2) is 23.8 Å². The van der Waals surface area contributed by atoms with Gasteiger partial charge in [-0.15, -0.1) is 0 Å². The van der Waals surface area contributed by atoms with E-state index in [1.54, 1.807) is 17.7 Å². The van der Waals surface area contributed by atoms with E-state index in [4.69, 9.17) is 4.74 Å². The van der Waals surface area contributed by atoms with Crippen molar-refractivity contribution in [3.63, 3.8) is 0 Å². The lowest BCUT2D eigenvalue weighted by Crippen LogP contribution is -2.51. The minimum absolute atomic E-state index is 0.0704. The third-order valence-electron chi connectivity index (χ3n) is 10.8. The number of fused-ring (bicyclic) bond motifs is 5. The van der Waals surface area contributed by atoms with Gasteiger partial charge in [-0.05, 0) is 98.2 Å². The van der Waals surface area contributed by atoms with Crippen molar-refractivity contribution in [1.29, 1.82) is 0 Å². The van der Waals surface area contributed by atoms with E-state index in [0.29, 0.717) is 10.8 Å². The quantitative estimate of drug-likeness (QED) is 0.219. The SMILES string of the molecule is C/C=C/C(=O)OC1CC[C@@]2(C)C(=CC[C@H]3[C@@H]4CC[C@H]([C@@H](C)CCCC(C)C)[C@@]4(C)CC[C@@H]32)C1. The Labute approximate surface area is 204 Å². The minimum Gasteiger partial charge on any atom is -0.459 e. The van der Waals surface area contributed by atoms with Crippen LogP contribution in [0.2, 0.25) is 0 Å². The largest absolute Gasteiger partial charge is 0.459 e. The number of ether oxygens (including phenoxy) is 1. The fraction of sp³-hybridized carbons (Fsp3) is 0.839. The van der Waals surface area contributed by atoms with E-state index in [2.05, 4.69) is 40.7 Å². The summed E-state index contributed by atoms with van der Waals surface area (Å²) in [7, 11) is 0. The van der Waals surface area contributed by atoms with Gasteiger partial charge in [-0.1, -0.05) is 71.6 Å². The van der Waals surface area contributed by atoms with E-state index in [-0.39, 0.29) is 12.1 Å². The van der Waals surface area contributed by atoms with Gasteiger partial charge in [0.25, 0.3) is 0 Å². The molecule has 0 N–H and O–H groups in total. The predicted octanol–water partition coefficient (Wildman–Crippen LogP) is 8.52. The highest BCUT2D eigenvalue weighted by Crippen LogP contribution is 2.67. The average molecular weight is 455 g/mol. The highest BCUT2D eigenvalue weighted by atomic mass is 16.5. The maximum absolute atomic E-state index is 12.0. The van der Waals surface area contributed by atoms with Crippen molar-refractivity contribution in [2.45, 2.75) is 118 Å². The van der Waals surface area contributed by atoms with Crippen LogP contribution in [0.3, 0.4) is 0 Å². The van der Waals surface area contributed by atoms with Crippen LogP contribution >= 0.6 is 0 Å². The Kier molecular flexibility index (Phi) is 7.52. The lowest BCUT2D eigenvalue weighted by Gasteiger charge is -2.58. The Bertz CT molecular complexity index is 763. The second kappa shape index (κ2) is 9.90. The van der Waals surface area contributed by atoms with E-state index in [9.17, 15) is 4.79 Å². The van der Waals surface area contributed by atoms with E-state index in [1.165, 1.54) is 57.8 Å². The zero-order chi connectivity index (χ0) is 23.8. The van der Waals surface area contributed by atoms with Gasteiger partial charge >= 0.3 is 5.97 Å². The Balaban J connectivity index is 1.44. The molecular weight excluding hydrogens is 404 g/mol.